The van der Waals surface area contributed by atoms with Crippen molar-refractivity contribution in [3.05, 3.63) is 30.1 Å². The number of hydrogen-bond donors (Lipinski definition) is 3. The lowest BCUT2D eigenvalue weighted by Gasteiger charge is -2.20. The number of H-pyrrole nitrogens is 1. The Morgan fingerprint density at radius 1 is 1.42 bits per heavy atom. The van der Waals surface area contributed by atoms with Crippen molar-refractivity contribution in [1.82, 2.24) is 15.3 Å². The third-order valence-electron chi connectivity index (χ3n) is 3.06. The molecule has 0 saturated heterocycles. The molecule has 2 aromatic rings. The fourth-order valence-electron chi connectivity index (χ4n) is 2.05. The number of aromatic nitrogens is 2. The number of nitrogens with zero attached hydrogens (tertiary/aromatic N) is 1. The average molecular weight is 260 g/mol. The van der Waals surface area contributed by atoms with Crippen LogP contribution in [0.15, 0.2) is 24.3 Å². The molecule has 1 heterocycles. The lowest BCUT2D eigenvalue weighted by atomic mass is 10.0. The Kier molecular flexibility index (Phi) is 4.16. The van der Waals surface area contributed by atoms with Crippen molar-refractivity contribution in [3.63, 3.8) is 0 Å². The molecule has 0 aliphatic heterocycles. The molecule has 0 spiro atoms. The summed E-state index contributed by atoms with van der Waals surface area (Å²) in [5, 5.41) is 2.98. The SMILES string of the molecule is CC(C)C(NC(=O)CCN)c1nc2ccccc2[nH]1. The quantitative estimate of drug-likeness (QED) is 0.765. The monoisotopic (exact) mass is 260 g/mol. The molecule has 0 saturated carbocycles. The molecule has 102 valence electrons. The zero-order chi connectivity index (χ0) is 13.8. The van der Waals surface area contributed by atoms with E-state index in [9.17, 15) is 4.79 Å². The molecule has 0 fully saturated rings. The highest BCUT2D eigenvalue weighted by atomic mass is 16.1. The fraction of sp³-hybridized carbons (Fsp3) is 0.429. The highest BCUT2D eigenvalue weighted by Crippen LogP contribution is 2.22. The summed E-state index contributed by atoms with van der Waals surface area (Å²) in [7, 11) is 0. The van der Waals surface area contributed by atoms with E-state index in [1.165, 1.54) is 0 Å². The normalized spacial score (nSPS) is 12.8. The van der Waals surface area contributed by atoms with Crippen LogP contribution < -0.4 is 11.1 Å². The number of hydrogen-bond acceptors (Lipinski definition) is 3. The van der Waals surface area contributed by atoms with E-state index in [-0.39, 0.29) is 17.9 Å². The topological polar surface area (TPSA) is 83.8 Å². The second-order valence-electron chi connectivity index (χ2n) is 4.97. The largest absolute Gasteiger partial charge is 0.346 e. The van der Waals surface area contributed by atoms with Gasteiger partial charge in [-0.3, -0.25) is 4.79 Å². The molecular weight excluding hydrogens is 240 g/mol. The van der Waals surface area contributed by atoms with Gasteiger partial charge in [0.15, 0.2) is 0 Å². The van der Waals surface area contributed by atoms with Gasteiger partial charge >= 0.3 is 0 Å². The number of benzene rings is 1. The van der Waals surface area contributed by atoms with Gasteiger partial charge in [-0.25, -0.2) is 4.98 Å². The van der Waals surface area contributed by atoms with Crippen LogP contribution in [0.3, 0.4) is 0 Å². The van der Waals surface area contributed by atoms with Crippen LogP contribution in [0.1, 0.15) is 32.1 Å². The number of amides is 1. The fourth-order valence-corrected chi connectivity index (χ4v) is 2.05. The Morgan fingerprint density at radius 3 is 2.79 bits per heavy atom. The van der Waals surface area contributed by atoms with Crippen molar-refractivity contribution in [2.75, 3.05) is 6.54 Å². The Hall–Kier alpha value is -1.88. The van der Waals surface area contributed by atoms with E-state index in [0.717, 1.165) is 16.9 Å². The molecule has 1 aromatic carbocycles. The molecule has 0 bridgehead atoms. The number of nitrogens with two attached hydrogens (primary N) is 1. The van der Waals surface area contributed by atoms with E-state index in [1.54, 1.807) is 0 Å². The van der Waals surface area contributed by atoms with Gasteiger partial charge in [0.05, 0.1) is 17.1 Å². The van der Waals surface area contributed by atoms with Crippen LogP contribution in [0.5, 0.6) is 0 Å². The zero-order valence-electron chi connectivity index (χ0n) is 11.3. The van der Waals surface area contributed by atoms with Crippen molar-refractivity contribution >= 4 is 16.9 Å². The smallest absolute Gasteiger partial charge is 0.221 e. The molecule has 4 N–H and O–H groups in total. The minimum absolute atomic E-state index is 0.0401. The highest BCUT2D eigenvalue weighted by Gasteiger charge is 2.21. The molecule has 2 rings (SSSR count). The molecule has 1 aromatic heterocycles. The van der Waals surface area contributed by atoms with Crippen molar-refractivity contribution in [1.29, 1.82) is 0 Å². The first-order chi connectivity index (χ1) is 9.11. The Labute approximate surface area is 112 Å². The molecule has 5 nitrogen and oxygen atoms in total. The van der Waals surface area contributed by atoms with Crippen molar-refractivity contribution < 1.29 is 4.79 Å². The molecule has 1 amide bonds. The summed E-state index contributed by atoms with van der Waals surface area (Å²) in [5.41, 5.74) is 7.29. The lowest BCUT2D eigenvalue weighted by Crippen LogP contribution is -2.33. The molecule has 0 aliphatic rings. The summed E-state index contributed by atoms with van der Waals surface area (Å²) >= 11 is 0. The summed E-state index contributed by atoms with van der Waals surface area (Å²) in [6.45, 7) is 4.47. The minimum atomic E-state index is -0.119. The van der Waals surface area contributed by atoms with Gasteiger partial charge in [-0.15, -0.1) is 0 Å². The van der Waals surface area contributed by atoms with Crippen molar-refractivity contribution in [2.45, 2.75) is 26.3 Å². The summed E-state index contributed by atoms with van der Waals surface area (Å²) in [4.78, 5) is 19.5. The third-order valence-corrected chi connectivity index (χ3v) is 3.06. The predicted octanol–water partition coefficient (Wildman–Crippen LogP) is 1.72. The van der Waals surface area contributed by atoms with E-state index in [2.05, 4.69) is 29.1 Å². The first-order valence-electron chi connectivity index (χ1n) is 6.56. The summed E-state index contributed by atoms with van der Waals surface area (Å²) < 4.78 is 0. The standard InChI is InChI=1S/C14H20N4O/c1-9(2)13(18-12(19)7-8-15)14-16-10-5-3-4-6-11(10)17-14/h3-6,9,13H,7-8,15H2,1-2H3,(H,16,17)(H,18,19). The first-order valence-corrected chi connectivity index (χ1v) is 6.56. The number of carbonyl (C=O) groups excluding carboxylic acids is 1. The maximum atomic E-state index is 11.7. The Balaban J connectivity index is 2.25. The van der Waals surface area contributed by atoms with E-state index >= 15 is 0 Å². The van der Waals surface area contributed by atoms with E-state index < -0.39 is 0 Å². The van der Waals surface area contributed by atoms with Crippen LogP contribution in [-0.4, -0.2) is 22.4 Å². The number of imidazole rings is 1. The van der Waals surface area contributed by atoms with Gasteiger partial charge in [-0.05, 0) is 18.1 Å². The van der Waals surface area contributed by atoms with Crippen molar-refractivity contribution in [3.8, 4) is 0 Å². The van der Waals surface area contributed by atoms with Crippen LogP contribution in [0, 0.1) is 5.92 Å². The van der Waals surface area contributed by atoms with Gasteiger partial charge in [-0.2, -0.15) is 0 Å². The van der Waals surface area contributed by atoms with Crippen LogP contribution >= 0.6 is 0 Å². The van der Waals surface area contributed by atoms with Crippen LogP contribution in [-0.2, 0) is 4.79 Å². The molecule has 0 radical (unpaired) electrons. The molecule has 19 heavy (non-hydrogen) atoms. The van der Waals surface area contributed by atoms with Gasteiger partial charge in [0.2, 0.25) is 5.91 Å². The first kappa shape index (κ1) is 13.5. The number of fused-ring (bicyclic) bond motifs is 1. The molecule has 5 heteroatoms. The molecule has 1 unspecified atom stereocenters. The maximum Gasteiger partial charge on any atom is 0.221 e. The van der Waals surface area contributed by atoms with Crippen LogP contribution in [0.2, 0.25) is 0 Å². The second-order valence-corrected chi connectivity index (χ2v) is 4.97. The highest BCUT2D eigenvalue weighted by molar-refractivity contribution is 5.77. The predicted molar refractivity (Wildman–Crippen MR) is 75.5 cm³/mol. The second kappa shape index (κ2) is 5.84. The van der Waals surface area contributed by atoms with E-state index in [0.29, 0.717) is 13.0 Å². The van der Waals surface area contributed by atoms with Gasteiger partial charge in [-0.1, -0.05) is 26.0 Å². The number of para-hydroxylation sites is 2. The average Bonchev–Trinajstić information content (AvgIpc) is 2.79. The van der Waals surface area contributed by atoms with Crippen LogP contribution in [0.4, 0.5) is 0 Å². The van der Waals surface area contributed by atoms with Gasteiger partial charge in [0.1, 0.15) is 5.82 Å². The van der Waals surface area contributed by atoms with E-state index in [4.69, 9.17) is 5.73 Å². The summed E-state index contributed by atoms with van der Waals surface area (Å²) in [5.74, 6) is 1.01. The van der Waals surface area contributed by atoms with Crippen LogP contribution in [0.25, 0.3) is 11.0 Å². The summed E-state index contributed by atoms with van der Waals surface area (Å²) in [6.07, 6.45) is 0.337. The molecule has 0 aliphatic carbocycles. The third kappa shape index (κ3) is 3.12. The van der Waals surface area contributed by atoms with Gasteiger partial charge in [0.25, 0.3) is 0 Å². The number of aromatic amines is 1. The Bertz CT molecular complexity index is 528. The number of rotatable bonds is 5. The number of carbonyl (C=O) groups is 1. The van der Waals surface area contributed by atoms with Gasteiger partial charge < -0.3 is 16.0 Å². The minimum Gasteiger partial charge on any atom is -0.346 e. The Morgan fingerprint density at radius 2 is 2.16 bits per heavy atom. The number of nitrogens with one attached hydrogen (secondary N) is 2. The van der Waals surface area contributed by atoms with E-state index in [1.807, 2.05) is 24.3 Å². The molecule has 1 atom stereocenters. The molecular formula is C14H20N4O. The maximum absolute atomic E-state index is 11.7. The lowest BCUT2D eigenvalue weighted by molar-refractivity contribution is -0.122. The van der Waals surface area contributed by atoms with Gasteiger partial charge in [0, 0.05) is 13.0 Å². The van der Waals surface area contributed by atoms with Crippen molar-refractivity contribution in [2.24, 2.45) is 11.7 Å². The summed E-state index contributed by atoms with van der Waals surface area (Å²) in [6, 6.07) is 7.72. The zero-order valence-corrected chi connectivity index (χ0v) is 11.3.